The molecule has 0 aromatic heterocycles. The summed E-state index contributed by atoms with van der Waals surface area (Å²) in [6.07, 6.45) is 1.96. The Kier molecular flexibility index (Phi) is 10.0. The van der Waals surface area contributed by atoms with E-state index in [0.717, 1.165) is 24.0 Å². The van der Waals surface area contributed by atoms with Gasteiger partial charge in [-0.2, -0.15) is 0 Å². The monoisotopic (exact) mass is 543 g/mol. The molecule has 7 nitrogen and oxygen atoms in total. The predicted octanol–water partition coefficient (Wildman–Crippen LogP) is 3.26. The summed E-state index contributed by atoms with van der Waals surface area (Å²) in [7, 11) is 0. The minimum Gasteiger partial charge on any atom is -0.389 e. The van der Waals surface area contributed by atoms with Crippen molar-refractivity contribution < 1.29 is 28.2 Å². The molecular weight excluding hydrogens is 504 g/mol. The topological polar surface area (TPSA) is 90.9 Å². The van der Waals surface area contributed by atoms with Crippen LogP contribution in [0.1, 0.15) is 49.3 Å². The van der Waals surface area contributed by atoms with E-state index >= 15 is 0 Å². The number of benzene rings is 2. The van der Waals surface area contributed by atoms with Gasteiger partial charge in [0, 0.05) is 38.7 Å². The predicted molar refractivity (Wildman–Crippen MR) is 144 cm³/mol. The molecule has 2 aliphatic heterocycles. The Morgan fingerprint density at radius 1 is 1.18 bits per heavy atom. The molecular formula is C30H39F2N3O4. The van der Waals surface area contributed by atoms with Crippen LogP contribution >= 0.6 is 0 Å². The fourth-order valence-corrected chi connectivity index (χ4v) is 5.45. The van der Waals surface area contributed by atoms with Crippen molar-refractivity contribution in [3.63, 3.8) is 0 Å². The standard InChI is InChI=1S/C30H39F2N3O4/c1-3-4-9-39-25-15-26(33-16-25)29(37)27(13-21-10-19(2)11-24(32)12-21)34-30(38)22-14-28(36)35(18-22)17-20-5-7-23(31)8-6-20/h5-8,10-12,22,25-27,29,33,37H,3-4,9,13-18H2,1-2H3,(H,34,38)/t22?,25-,26-,27+,29-/m1/s1. The zero-order valence-corrected chi connectivity index (χ0v) is 22.7. The van der Waals surface area contributed by atoms with Crippen molar-refractivity contribution >= 4 is 11.8 Å². The number of hydrogen-bond donors (Lipinski definition) is 3. The first-order valence-corrected chi connectivity index (χ1v) is 13.8. The van der Waals surface area contributed by atoms with Gasteiger partial charge in [-0.3, -0.25) is 9.59 Å². The maximum Gasteiger partial charge on any atom is 0.225 e. The Labute approximate surface area is 228 Å². The number of likely N-dealkylation sites (tertiary alicyclic amines) is 1. The van der Waals surface area contributed by atoms with Crippen molar-refractivity contribution in [3.05, 3.63) is 70.8 Å². The summed E-state index contributed by atoms with van der Waals surface area (Å²) in [5.41, 5.74) is 2.21. The van der Waals surface area contributed by atoms with E-state index in [1.165, 1.54) is 24.3 Å². The van der Waals surface area contributed by atoms with Crippen LogP contribution in [0.4, 0.5) is 8.78 Å². The van der Waals surface area contributed by atoms with E-state index in [9.17, 15) is 23.5 Å². The molecule has 0 bridgehead atoms. The third kappa shape index (κ3) is 8.06. The SMILES string of the molecule is CCCCO[C@H]1CN[C@@H]([C@@H](O)[C@H](Cc2cc(C)cc(F)c2)NC(=O)C2CC(=O)N(Cc3ccc(F)cc3)C2)C1. The number of hydrogen-bond acceptors (Lipinski definition) is 5. The first-order valence-electron chi connectivity index (χ1n) is 13.8. The van der Waals surface area contributed by atoms with E-state index in [2.05, 4.69) is 17.6 Å². The average molecular weight is 544 g/mol. The molecule has 0 spiro atoms. The molecule has 2 aromatic carbocycles. The molecule has 2 fully saturated rings. The van der Waals surface area contributed by atoms with Gasteiger partial charge >= 0.3 is 0 Å². The molecule has 2 aromatic rings. The van der Waals surface area contributed by atoms with Crippen LogP contribution in [0.3, 0.4) is 0 Å². The molecule has 39 heavy (non-hydrogen) atoms. The molecule has 0 saturated carbocycles. The number of halogens is 2. The molecule has 0 radical (unpaired) electrons. The van der Waals surface area contributed by atoms with Crippen molar-refractivity contribution in [3.8, 4) is 0 Å². The van der Waals surface area contributed by atoms with Gasteiger partial charge in [-0.05, 0) is 67.1 Å². The van der Waals surface area contributed by atoms with Crippen LogP contribution < -0.4 is 10.6 Å². The summed E-state index contributed by atoms with van der Waals surface area (Å²) in [5, 5.41) is 17.7. The van der Waals surface area contributed by atoms with E-state index in [-0.39, 0.29) is 55.0 Å². The Hall–Kier alpha value is -2.88. The lowest BCUT2D eigenvalue weighted by atomic mass is 9.93. The van der Waals surface area contributed by atoms with Gasteiger partial charge in [-0.1, -0.05) is 31.5 Å². The number of aliphatic hydroxyl groups excluding tert-OH is 1. The zero-order chi connectivity index (χ0) is 27.9. The van der Waals surface area contributed by atoms with Crippen LogP contribution in [0.5, 0.6) is 0 Å². The van der Waals surface area contributed by atoms with Crippen LogP contribution in [0.2, 0.25) is 0 Å². The number of amides is 2. The van der Waals surface area contributed by atoms with Crippen LogP contribution in [0.15, 0.2) is 42.5 Å². The third-order valence-electron chi connectivity index (χ3n) is 7.56. The maximum absolute atomic E-state index is 14.1. The van der Waals surface area contributed by atoms with E-state index in [1.807, 2.05) is 6.07 Å². The Morgan fingerprint density at radius 2 is 1.95 bits per heavy atom. The lowest BCUT2D eigenvalue weighted by Crippen LogP contribution is -2.53. The van der Waals surface area contributed by atoms with Gasteiger partial charge in [0.05, 0.1) is 24.2 Å². The molecule has 2 amide bonds. The van der Waals surface area contributed by atoms with Crippen LogP contribution in [0.25, 0.3) is 0 Å². The molecule has 3 N–H and O–H groups in total. The average Bonchev–Trinajstić information content (AvgIpc) is 3.51. The normalized spacial score (nSPS) is 22.7. The van der Waals surface area contributed by atoms with E-state index < -0.39 is 18.1 Å². The van der Waals surface area contributed by atoms with Crippen LogP contribution in [0, 0.1) is 24.5 Å². The number of ether oxygens (including phenoxy) is 1. The van der Waals surface area contributed by atoms with Crippen molar-refractivity contribution in [1.29, 1.82) is 0 Å². The fraction of sp³-hybridized carbons (Fsp3) is 0.533. The van der Waals surface area contributed by atoms with Gasteiger partial charge in [0.1, 0.15) is 11.6 Å². The second-order valence-corrected chi connectivity index (χ2v) is 10.8. The van der Waals surface area contributed by atoms with E-state index in [4.69, 9.17) is 4.74 Å². The number of nitrogens with zero attached hydrogens (tertiary/aromatic N) is 1. The summed E-state index contributed by atoms with van der Waals surface area (Å²) in [5.74, 6) is -1.77. The van der Waals surface area contributed by atoms with Crippen LogP contribution in [-0.2, 0) is 27.3 Å². The summed E-state index contributed by atoms with van der Waals surface area (Å²) < 4.78 is 33.3. The molecule has 2 heterocycles. The molecule has 4 rings (SSSR count). The van der Waals surface area contributed by atoms with Gasteiger partial charge in [0.15, 0.2) is 0 Å². The number of aliphatic hydroxyl groups is 1. The number of aryl methyl sites for hydroxylation is 1. The van der Waals surface area contributed by atoms with Crippen molar-refractivity contribution in [2.45, 2.75) is 76.8 Å². The lowest BCUT2D eigenvalue weighted by Gasteiger charge is -2.30. The third-order valence-corrected chi connectivity index (χ3v) is 7.56. The highest BCUT2D eigenvalue weighted by Gasteiger charge is 2.39. The summed E-state index contributed by atoms with van der Waals surface area (Å²) in [6.45, 7) is 5.71. The number of carbonyl (C=O) groups is 2. The summed E-state index contributed by atoms with van der Waals surface area (Å²) in [4.78, 5) is 27.6. The molecule has 2 saturated heterocycles. The lowest BCUT2D eigenvalue weighted by molar-refractivity contribution is -0.129. The second kappa shape index (κ2) is 13.5. The second-order valence-electron chi connectivity index (χ2n) is 10.8. The van der Waals surface area contributed by atoms with Gasteiger partial charge in [-0.15, -0.1) is 0 Å². The Balaban J connectivity index is 1.42. The molecule has 5 atom stereocenters. The minimum absolute atomic E-state index is 0.0172. The highest BCUT2D eigenvalue weighted by molar-refractivity contribution is 5.89. The molecule has 2 aliphatic rings. The zero-order valence-electron chi connectivity index (χ0n) is 22.7. The number of rotatable bonds is 12. The molecule has 0 aliphatic carbocycles. The maximum atomic E-state index is 14.1. The first kappa shape index (κ1) is 29.1. The number of carbonyl (C=O) groups excluding carboxylic acids is 2. The van der Waals surface area contributed by atoms with Gasteiger partial charge in [0.2, 0.25) is 11.8 Å². The Morgan fingerprint density at radius 3 is 2.67 bits per heavy atom. The van der Waals surface area contributed by atoms with E-state index in [0.29, 0.717) is 31.7 Å². The smallest absolute Gasteiger partial charge is 0.225 e. The minimum atomic E-state index is -0.940. The molecule has 1 unspecified atom stereocenters. The summed E-state index contributed by atoms with van der Waals surface area (Å²) >= 11 is 0. The Bertz CT molecular complexity index is 1110. The quantitative estimate of drug-likeness (QED) is 0.358. The van der Waals surface area contributed by atoms with Gasteiger partial charge in [0.25, 0.3) is 0 Å². The summed E-state index contributed by atoms with van der Waals surface area (Å²) in [6, 6.07) is 9.65. The van der Waals surface area contributed by atoms with Gasteiger partial charge in [-0.25, -0.2) is 8.78 Å². The van der Waals surface area contributed by atoms with Gasteiger partial charge < -0.3 is 25.4 Å². The number of nitrogens with one attached hydrogen (secondary N) is 2. The molecule has 9 heteroatoms. The highest BCUT2D eigenvalue weighted by atomic mass is 19.1. The highest BCUT2D eigenvalue weighted by Crippen LogP contribution is 2.23. The first-order chi connectivity index (χ1) is 18.7. The largest absolute Gasteiger partial charge is 0.389 e. The number of unbranched alkanes of at least 4 members (excludes halogenated alkanes) is 1. The fourth-order valence-electron chi connectivity index (χ4n) is 5.45. The van der Waals surface area contributed by atoms with Crippen molar-refractivity contribution in [1.82, 2.24) is 15.5 Å². The van der Waals surface area contributed by atoms with Crippen LogP contribution in [-0.4, -0.2) is 65.8 Å². The van der Waals surface area contributed by atoms with E-state index in [1.54, 1.807) is 24.0 Å². The van der Waals surface area contributed by atoms with Crippen molar-refractivity contribution in [2.75, 3.05) is 19.7 Å². The molecule has 212 valence electrons. The van der Waals surface area contributed by atoms with Crippen molar-refractivity contribution in [2.24, 2.45) is 5.92 Å².